The minimum atomic E-state index is -4.95. The number of carbonyl (C=O) groups excluding carboxylic acids is 2. The van der Waals surface area contributed by atoms with Crippen LogP contribution in [0.15, 0.2) is 4.52 Å². The first-order valence-corrected chi connectivity index (χ1v) is 9.91. The molecule has 1 radical (unpaired) electrons. The van der Waals surface area contributed by atoms with E-state index < -0.39 is 63.9 Å². The standard InChI is InChI=1S/C14H18F3N4O6S/c15-14(16,17)13-20-12(21-27-13)11(24)8(5-9(18)22)19-10(23)3-4-28(25,26)6-7-1-2-7/h3,7-8,11,24H,1-2,4-6H2,(H2,18,22)(H,19,23)/t8-,11+/m1/s1. The molecule has 1 aliphatic carbocycles. The van der Waals surface area contributed by atoms with Gasteiger partial charge in [0, 0.05) is 6.42 Å². The number of carbonyl (C=O) groups is 2. The summed E-state index contributed by atoms with van der Waals surface area (Å²) in [6.45, 7) is 0. The van der Waals surface area contributed by atoms with Gasteiger partial charge >= 0.3 is 12.1 Å². The highest BCUT2D eigenvalue weighted by atomic mass is 32.2. The second-order valence-electron chi connectivity index (χ2n) is 6.41. The lowest BCUT2D eigenvalue weighted by molar-refractivity contribution is -0.159. The third-order valence-electron chi connectivity index (χ3n) is 3.79. The van der Waals surface area contributed by atoms with E-state index in [1.807, 2.05) is 0 Å². The van der Waals surface area contributed by atoms with Crippen LogP contribution in [0.3, 0.4) is 0 Å². The minimum absolute atomic E-state index is 0.0484. The molecular formula is C14H18F3N4O6S. The Morgan fingerprint density at radius 2 is 2.04 bits per heavy atom. The van der Waals surface area contributed by atoms with Gasteiger partial charge in [0.05, 0.1) is 24.0 Å². The number of rotatable bonds is 10. The van der Waals surface area contributed by atoms with Gasteiger partial charge in [-0.15, -0.1) is 0 Å². The molecule has 1 aromatic rings. The van der Waals surface area contributed by atoms with Crippen molar-refractivity contribution < 1.29 is 40.8 Å². The fraction of sp³-hybridized carbons (Fsp3) is 0.643. The molecule has 0 spiro atoms. The molecule has 1 fully saturated rings. The molecule has 10 nitrogen and oxygen atoms in total. The quantitative estimate of drug-likeness (QED) is 0.450. The number of alkyl halides is 3. The molecule has 0 aromatic carbocycles. The van der Waals surface area contributed by atoms with E-state index in [1.54, 1.807) is 0 Å². The van der Waals surface area contributed by atoms with Crippen LogP contribution in [-0.2, 0) is 25.6 Å². The molecule has 0 aliphatic heterocycles. The van der Waals surface area contributed by atoms with Gasteiger partial charge in [0.2, 0.25) is 17.6 Å². The Balaban J connectivity index is 2.00. The zero-order valence-electron chi connectivity index (χ0n) is 14.3. The van der Waals surface area contributed by atoms with Crippen molar-refractivity contribution in [1.82, 2.24) is 15.5 Å². The summed E-state index contributed by atoms with van der Waals surface area (Å²) in [7, 11) is -3.49. The van der Waals surface area contributed by atoms with Gasteiger partial charge in [-0.3, -0.25) is 9.59 Å². The molecule has 2 rings (SSSR count). The van der Waals surface area contributed by atoms with Gasteiger partial charge in [-0.2, -0.15) is 18.2 Å². The number of hydrogen-bond donors (Lipinski definition) is 3. The molecule has 14 heteroatoms. The molecule has 1 aromatic heterocycles. The summed E-state index contributed by atoms with van der Waals surface area (Å²) < 4.78 is 65.2. The van der Waals surface area contributed by atoms with Gasteiger partial charge in [-0.25, -0.2) is 8.42 Å². The lowest BCUT2D eigenvalue weighted by Gasteiger charge is -2.20. The summed E-state index contributed by atoms with van der Waals surface area (Å²) in [6.07, 6.45) is -5.14. The molecule has 157 valence electrons. The predicted octanol–water partition coefficient (Wildman–Crippen LogP) is -0.489. The largest absolute Gasteiger partial charge is 0.471 e. The van der Waals surface area contributed by atoms with E-state index in [4.69, 9.17) is 5.73 Å². The molecule has 0 bridgehead atoms. The Hall–Kier alpha value is -2.22. The number of halogens is 3. The second-order valence-corrected chi connectivity index (χ2v) is 8.56. The summed E-state index contributed by atoms with van der Waals surface area (Å²) in [5.41, 5.74) is 5.01. The second kappa shape index (κ2) is 8.43. The molecule has 0 saturated heterocycles. The number of primary amides is 1. The number of amides is 2. The molecule has 2 amide bonds. The zero-order chi connectivity index (χ0) is 21.1. The van der Waals surface area contributed by atoms with Crippen molar-refractivity contribution in [3.8, 4) is 0 Å². The fourth-order valence-electron chi connectivity index (χ4n) is 2.26. The number of nitrogens with two attached hydrogens (primary N) is 1. The third kappa shape index (κ3) is 6.74. The van der Waals surface area contributed by atoms with Gasteiger partial charge in [0.15, 0.2) is 9.84 Å². The van der Waals surface area contributed by atoms with Gasteiger partial charge in [-0.1, -0.05) is 5.16 Å². The molecule has 28 heavy (non-hydrogen) atoms. The average molecular weight is 427 g/mol. The molecule has 0 unspecified atom stereocenters. The third-order valence-corrected chi connectivity index (χ3v) is 5.44. The number of sulfone groups is 1. The average Bonchev–Trinajstić information content (AvgIpc) is 3.20. The number of aromatic nitrogens is 2. The monoisotopic (exact) mass is 427 g/mol. The van der Waals surface area contributed by atoms with Gasteiger partial charge in [-0.05, 0) is 18.8 Å². The molecule has 1 aliphatic rings. The number of nitrogens with zero attached hydrogens (tertiary/aromatic N) is 2. The number of aliphatic hydroxyl groups is 1. The fourth-order valence-corrected chi connectivity index (χ4v) is 3.86. The Labute approximate surface area is 157 Å². The Bertz CT molecular complexity index is 821. The topological polar surface area (TPSA) is 165 Å². The highest BCUT2D eigenvalue weighted by Gasteiger charge is 2.40. The van der Waals surface area contributed by atoms with Gasteiger partial charge in [0.25, 0.3) is 0 Å². The first kappa shape index (κ1) is 22.1. The summed E-state index contributed by atoms with van der Waals surface area (Å²) in [4.78, 5) is 26.1. The Morgan fingerprint density at radius 3 is 2.54 bits per heavy atom. The number of aliphatic hydroxyl groups excluding tert-OH is 1. The number of hydrogen-bond acceptors (Lipinski definition) is 8. The highest BCUT2D eigenvalue weighted by Crippen LogP contribution is 2.30. The molecule has 1 heterocycles. The van der Waals surface area contributed by atoms with Crippen molar-refractivity contribution in [3.63, 3.8) is 0 Å². The lowest BCUT2D eigenvalue weighted by atomic mass is 10.1. The lowest BCUT2D eigenvalue weighted by Crippen LogP contribution is -2.43. The van der Waals surface area contributed by atoms with Crippen LogP contribution in [0, 0.1) is 12.3 Å². The summed E-state index contributed by atoms with van der Waals surface area (Å²) in [5, 5.41) is 15.2. The van der Waals surface area contributed by atoms with E-state index in [1.165, 1.54) is 0 Å². The van der Waals surface area contributed by atoms with Crippen LogP contribution in [0.1, 0.15) is 37.1 Å². The van der Waals surface area contributed by atoms with E-state index in [0.29, 0.717) is 0 Å². The maximum absolute atomic E-state index is 12.5. The van der Waals surface area contributed by atoms with Crippen molar-refractivity contribution in [2.24, 2.45) is 11.7 Å². The van der Waals surface area contributed by atoms with E-state index in [2.05, 4.69) is 20.0 Å². The normalized spacial score (nSPS) is 17.1. The molecule has 1 saturated carbocycles. The molecule has 4 N–H and O–H groups in total. The van der Waals surface area contributed by atoms with Crippen LogP contribution < -0.4 is 11.1 Å². The van der Waals surface area contributed by atoms with Crippen LogP contribution in [0.25, 0.3) is 0 Å². The van der Waals surface area contributed by atoms with E-state index in [-0.39, 0.29) is 11.7 Å². The summed E-state index contributed by atoms with van der Waals surface area (Å²) in [6, 6.07) is -1.49. The van der Waals surface area contributed by atoms with Crippen LogP contribution in [-0.4, -0.2) is 53.0 Å². The Morgan fingerprint density at radius 1 is 1.39 bits per heavy atom. The van der Waals surface area contributed by atoms with Crippen molar-refractivity contribution in [2.45, 2.75) is 37.6 Å². The first-order chi connectivity index (χ1) is 12.9. The van der Waals surface area contributed by atoms with Crippen molar-refractivity contribution in [1.29, 1.82) is 0 Å². The van der Waals surface area contributed by atoms with Crippen molar-refractivity contribution >= 4 is 21.7 Å². The smallest absolute Gasteiger partial charge is 0.383 e. The molecule has 2 atom stereocenters. The molecular weight excluding hydrogens is 409 g/mol. The van der Waals surface area contributed by atoms with Gasteiger partial charge < -0.3 is 20.7 Å². The van der Waals surface area contributed by atoms with E-state index in [9.17, 15) is 36.3 Å². The highest BCUT2D eigenvalue weighted by molar-refractivity contribution is 7.91. The minimum Gasteiger partial charge on any atom is -0.383 e. The SMILES string of the molecule is NC(=O)C[C@@H](NC(=O)[CH]CS(=O)(=O)CC1CC1)[C@H](O)c1noc(C(F)(F)F)n1. The number of nitrogens with one attached hydrogen (secondary N) is 1. The van der Waals surface area contributed by atoms with Crippen LogP contribution >= 0.6 is 0 Å². The first-order valence-electron chi connectivity index (χ1n) is 8.08. The zero-order valence-corrected chi connectivity index (χ0v) is 15.2. The van der Waals surface area contributed by atoms with Crippen LogP contribution in [0.5, 0.6) is 0 Å². The van der Waals surface area contributed by atoms with Crippen LogP contribution in [0.2, 0.25) is 0 Å². The van der Waals surface area contributed by atoms with Crippen LogP contribution in [0.4, 0.5) is 13.2 Å². The van der Waals surface area contributed by atoms with Crippen molar-refractivity contribution in [2.75, 3.05) is 11.5 Å². The maximum Gasteiger partial charge on any atom is 0.471 e. The summed E-state index contributed by atoms with van der Waals surface area (Å²) >= 11 is 0. The van der Waals surface area contributed by atoms with Crippen molar-refractivity contribution in [3.05, 3.63) is 18.1 Å². The van der Waals surface area contributed by atoms with E-state index >= 15 is 0 Å². The summed E-state index contributed by atoms with van der Waals surface area (Å²) in [5.74, 6) is -4.99. The Kier molecular flexibility index (Phi) is 6.64. The maximum atomic E-state index is 12.5. The van der Waals surface area contributed by atoms with Gasteiger partial charge in [0.1, 0.15) is 6.10 Å². The van der Waals surface area contributed by atoms with E-state index in [0.717, 1.165) is 19.3 Å². The predicted molar refractivity (Wildman–Crippen MR) is 85.7 cm³/mol.